The number of Topliss-reactive ketones (excluding diaryl/α,β-unsaturated/α-hetero) is 1. The van der Waals surface area contributed by atoms with Crippen molar-refractivity contribution in [3.05, 3.63) is 28.8 Å². The van der Waals surface area contributed by atoms with Crippen LogP contribution in [0.25, 0.3) is 0 Å². The first-order valence-electron chi connectivity index (χ1n) is 11.5. The van der Waals surface area contributed by atoms with Crippen molar-refractivity contribution in [2.24, 2.45) is 0 Å². The summed E-state index contributed by atoms with van der Waals surface area (Å²) in [5.41, 5.74) is 1.49. The molecule has 3 rings (SSSR count). The second-order valence-corrected chi connectivity index (χ2v) is 11.1. The van der Waals surface area contributed by atoms with Crippen molar-refractivity contribution in [3.8, 4) is 5.75 Å². The predicted molar refractivity (Wildman–Crippen MR) is 130 cm³/mol. The number of fused-ring (bicyclic) bond motifs is 1. The van der Waals surface area contributed by atoms with Crippen LogP contribution in [0.15, 0.2) is 12.1 Å². The van der Waals surface area contributed by atoms with Gasteiger partial charge in [0.1, 0.15) is 23.0 Å². The standard InChI is InChI=1S/C25H36N2O5S/c1-16-13-17(2)21-19(28)15-25(31-20(21)14-16)8-10-27(11-9-25)22(29)18(7-12-33-6)26-23(30)32-24(3,4)5/h13-14,18H,7-12,15H2,1-6H3,(H,26,30). The van der Waals surface area contributed by atoms with Crippen LogP contribution in [0, 0.1) is 13.8 Å². The van der Waals surface area contributed by atoms with Gasteiger partial charge in [-0.2, -0.15) is 11.8 Å². The number of benzene rings is 1. The van der Waals surface area contributed by atoms with Gasteiger partial charge in [0.05, 0.1) is 12.0 Å². The molecule has 33 heavy (non-hydrogen) atoms. The molecule has 0 aromatic heterocycles. The van der Waals surface area contributed by atoms with Crippen LogP contribution in [0.5, 0.6) is 5.75 Å². The van der Waals surface area contributed by atoms with Gasteiger partial charge < -0.3 is 19.7 Å². The van der Waals surface area contributed by atoms with Crippen LogP contribution in [0.3, 0.4) is 0 Å². The molecule has 1 saturated heterocycles. The summed E-state index contributed by atoms with van der Waals surface area (Å²) in [4.78, 5) is 40.3. The third-order valence-corrected chi connectivity index (χ3v) is 6.76. The Bertz CT molecular complexity index is 916. The van der Waals surface area contributed by atoms with Gasteiger partial charge in [-0.1, -0.05) is 6.07 Å². The molecular weight excluding hydrogens is 440 g/mol. The molecule has 1 spiro atoms. The molecule has 0 bridgehead atoms. The Hall–Kier alpha value is -2.22. The summed E-state index contributed by atoms with van der Waals surface area (Å²) in [6, 6.07) is 3.30. The molecule has 2 aliphatic heterocycles. The lowest BCUT2D eigenvalue weighted by Crippen LogP contribution is -2.56. The van der Waals surface area contributed by atoms with Crippen LogP contribution in [0.2, 0.25) is 0 Å². The van der Waals surface area contributed by atoms with Gasteiger partial charge in [-0.25, -0.2) is 4.79 Å². The lowest BCUT2D eigenvalue weighted by atomic mass is 9.81. The molecule has 1 aromatic carbocycles. The van der Waals surface area contributed by atoms with Gasteiger partial charge in [-0.05, 0) is 70.2 Å². The Balaban J connectivity index is 1.67. The summed E-state index contributed by atoms with van der Waals surface area (Å²) in [5, 5.41) is 2.76. The molecular formula is C25H36N2O5S. The van der Waals surface area contributed by atoms with Crippen molar-refractivity contribution in [1.29, 1.82) is 0 Å². The van der Waals surface area contributed by atoms with Crippen molar-refractivity contribution in [2.75, 3.05) is 25.1 Å². The van der Waals surface area contributed by atoms with Gasteiger partial charge in [-0.15, -0.1) is 0 Å². The average molecular weight is 477 g/mol. The number of likely N-dealkylation sites (tertiary alicyclic amines) is 1. The summed E-state index contributed by atoms with van der Waals surface area (Å²) in [6.45, 7) is 10.3. The Morgan fingerprint density at radius 3 is 2.52 bits per heavy atom. The van der Waals surface area contributed by atoms with E-state index < -0.39 is 23.3 Å². The average Bonchev–Trinajstić information content (AvgIpc) is 2.68. The fourth-order valence-electron chi connectivity index (χ4n) is 4.59. The molecule has 0 radical (unpaired) electrons. The minimum Gasteiger partial charge on any atom is -0.486 e. The van der Waals surface area contributed by atoms with E-state index in [0.717, 1.165) is 16.9 Å². The van der Waals surface area contributed by atoms with E-state index in [-0.39, 0.29) is 11.7 Å². The summed E-state index contributed by atoms with van der Waals surface area (Å²) >= 11 is 1.63. The number of piperidine rings is 1. The number of thioether (sulfide) groups is 1. The van der Waals surface area contributed by atoms with E-state index in [9.17, 15) is 14.4 Å². The van der Waals surface area contributed by atoms with Crippen molar-refractivity contribution in [2.45, 2.75) is 77.5 Å². The van der Waals surface area contributed by atoms with Crippen LogP contribution >= 0.6 is 11.8 Å². The maximum absolute atomic E-state index is 13.3. The third-order valence-electron chi connectivity index (χ3n) is 6.12. The topological polar surface area (TPSA) is 84.9 Å². The Morgan fingerprint density at radius 1 is 1.24 bits per heavy atom. The highest BCUT2D eigenvalue weighted by atomic mass is 32.2. The highest BCUT2D eigenvalue weighted by molar-refractivity contribution is 7.98. The zero-order valence-corrected chi connectivity index (χ0v) is 21.4. The largest absolute Gasteiger partial charge is 0.486 e. The van der Waals surface area contributed by atoms with Crippen LogP contribution in [0.1, 0.15) is 67.9 Å². The van der Waals surface area contributed by atoms with Crippen molar-refractivity contribution in [1.82, 2.24) is 10.2 Å². The number of hydrogen-bond donors (Lipinski definition) is 1. The number of ether oxygens (including phenoxy) is 2. The number of aryl methyl sites for hydroxylation is 2. The normalized spacial score (nSPS) is 18.4. The molecule has 2 heterocycles. The fourth-order valence-corrected chi connectivity index (χ4v) is 5.06. The molecule has 1 unspecified atom stereocenters. The van der Waals surface area contributed by atoms with E-state index in [1.807, 2.05) is 32.2 Å². The van der Waals surface area contributed by atoms with E-state index in [1.165, 1.54) is 0 Å². The zero-order chi connectivity index (χ0) is 24.4. The van der Waals surface area contributed by atoms with Gasteiger partial charge in [0, 0.05) is 25.9 Å². The highest BCUT2D eigenvalue weighted by Crippen LogP contribution is 2.41. The smallest absolute Gasteiger partial charge is 0.408 e. The summed E-state index contributed by atoms with van der Waals surface area (Å²) in [6.07, 6.45) is 3.41. The van der Waals surface area contributed by atoms with Crippen LogP contribution < -0.4 is 10.1 Å². The van der Waals surface area contributed by atoms with Crippen molar-refractivity contribution in [3.63, 3.8) is 0 Å². The minimum atomic E-state index is -0.638. The number of hydrogen-bond acceptors (Lipinski definition) is 6. The molecule has 1 aromatic rings. The van der Waals surface area contributed by atoms with Gasteiger partial charge >= 0.3 is 6.09 Å². The van der Waals surface area contributed by atoms with Gasteiger partial charge in [0.15, 0.2) is 5.78 Å². The number of carbonyl (C=O) groups excluding carboxylic acids is 3. The molecule has 1 fully saturated rings. The molecule has 1 N–H and O–H groups in total. The zero-order valence-electron chi connectivity index (χ0n) is 20.6. The second kappa shape index (κ2) is 9.95. The summed E-state index contributed by atoms with van der Waals surface area (Å²) in [7, 11) is 0. The molecule has 2 aliphatic rings. The quantitative estimate of drug-likeness (QED) is 0.683. The minimum absolute atomic E-state index is 0.109. The number of amides is 2. The number of alkyl carbamates (subject to hydrolysis) is 1. The second-order valence-electron chi connectivity index (χ2n) is 10.1. The Labute approximate surface area is 200 Å². The summed E-state index contributed by atoms with van der Waals surface area (Å²) < 4.78 is 11.8. The number of rotatable bonds is 5. The molecule has 2 amide bonds. The number of nitrogens with one attached hydrogen (secondary N) is 1. The molecule has 8 heteroatoms. The van der Waals surface area contributed by atoms with Crippen molar-refractivity contribution >= 4 is 29.5 Å². The highest BCUT2D eigenvalue weighted by Gasteiger charge is 2.44. The van der Waals surface area contributed by atoms with Crippen LogP contribution in [-0.2, 0) is 9.53 Å². The molecule has 0 aliphatic carbocycles. The van der Waals surface area contributed by atoms with E-state index in [1.54, 1.807) is 37.4 Å². The van der Waals surface area contributed by atoms with E-state index in [0.29, 0.717) is 50.1 Å². The van der Waals surface area contributed by atoms with Gasteiger partial charge in [0.25, 0.3) is 0 Å². The van der Waals surface area contributed by atoms with E-state index in [2.05, 4.69) is 5.32 Å². The number of carbonyl (C=O) groups is 3. The predicted octanol–water partition coefficient (Wildman–Crippen LogP) is 4.28. The Morgan fingerprint density at radius 2 is 1.91 bits per heavy atom. The van der Waals surface area contributed by atoms with E-state index >= 15 is 0 Å². The molecule has 0 saturated carbocycles. The van der Waals surface area contributed by atoms with Gasteiger partial charge in [0.2, 0.25) is 5.91 Å². The lowest BCUT2D eigenvalue weighted by molar-refractivity contribution is -0.137. The number of ketones is 1. The fraction of sp³-hybridized carbons (Fsp3) is 0.640. The molecule has 1 atom stereocenters. The SMILES string of the molecule is CSCCC(NC(=O)OC(C)(C)C)C(=O)N1CCC2(CC1)CC(=O)c1c(C)cc(C)cc1O2. The van der Waals surface area contributed by atoms with Crippen molar-refractivity contribution < 1.29 is 23.9 Å². The maximum atomic E-state index is 13.3. The van der Waals surface area contributed by atoms with Crippen LogP contribution in [-0.4, -0.2) is 65.0 Å². The molecule has 7 nitrogen and oxygen atoms in total. The third kappa shape index (κ3) is 6.22. The lowest BCUT2D eigenvalue weighted by Gasteiger charge is -2.44. The first kappa shape index (κ1) is 25.4. The van der Waals surface area contributed by atoms with Gasteiger partial charge in [-0.3, -0.25) is 9.59 Å². The monoisotopic (exact) mass is 476 g/mol. The first-order valence-corrected chi connectivity index (χ1v) is 12.9. The summed E-state index contributed by atoms with van der Waals surface area (Å²) in [5.74, 6) is 1.40. The van der Waals surface area contributed by atoms with E-state index in [4.69, 9.17) is 9.47 Å². The van der Waals surface area contributed by atoms with Crippen LogP contribution in [0.4, 0.5) is 4.79 Å². The number of nitrogens with zero attached hydrogens (tertiary/aromatic N) is 1. The Kier molecular flexibility index (Phi) is 7.66. The first-order chi connectivity index (χ1) is 15.4. The maximum Gasteiger partial charge on any atom is 0.408 e. The molecule has 182 valence electrons.